The maximum Gasteiger partial charge on any atom is 0.408 e. The fourth-order valence-electron chi connectivity index (χ4n) is 4.36. The van der Waals surface area contributed by atoms with Gasteiger partial charge in [0.25, 0.3) is 5.91 Å². The number of phenols is 1. The first kappa shape index (κ1) is 33.9. The number of para-hydroxylation sites is 1. The van der Waals surface area contributed by atoms with Gasteiger partial charge in [0.1, 0.15) is 29.2 Å². The van der Waals surface area contributed by atoms with Crippen LogP contribution in [0.15, 0.2) is 48.5 Å². The predicted molar refractivity (Wildman–Crippen MR) is 160 cm³/mol. The summed E-state index contributed by atoms with van der Waals surface area (Å²) in [5.74, 6) is -1.49. The molecule has 0 saturated heterocycles. The van der Waals surface area contributed by atoms with Gasteiger partial charge in [-0.25, -0.2) is 4.79 Å². The van der Waals surface area contributed by atoms with Gasteiger partial charge in [0, 0.05) is 17.3 Å². The summed E-state index contributed by atoms with van der Waals surface area (Å²) in [6.07, 6.45) is -0.227. The van der Waals surface area contributed by atoms with Crippen molar-refractivity contribution in [1.29, 1.82) is 0 Å². The second-order valence-electron chi connectivity index (χ2n) is 11.6. The molecule has 0 saturated carbocycles. The van der Waals surface area contributed by atoms with Crippen molar-refractivity contribution in [2.75, 3.05) is 12.4 Å². The number of rotatable bonds is 13. The van der Waals surface area contributed by atoms with Gasteiger partial charge in [-0.2, -0.15) is 0 Å². The molecule has 2 rings (SSSR count). The summed E-state index contributed by atoms with van der Waals surface area (Å²) in [6.45, 7) is 10.8. The fourth-order valence-corrected chi connectivity index (χ4v) is 4.36. The number of hydrogen-bond acceptors (Lipinski definition) is 7. The summed E-state index contributed by atoms with van der Waals surface area (Å²) in [4.78, 5) is 54.4. The molecule has 5 N–H and O–H groups in total. The van der Waals surface area contributed by atoms with E-state index in [-0.39, 0.29) is 11.3 Å². The van der Waals surface area contributed by atoms with Crippen molar-refractivity contribution in [3.63, 3.8) is 0 Å². The molecule has 0 aliphatic rings. The van der Waals surface area contributed by atoms with E-state index in [0.29, 0.717) is 23.8 Å². The van der Waals surface area contributed by atoms with Gasteiger partial charge < -0.3 is 35.8 Å². The number of methoxy groups -OCH3 is 1. The Morgan fingerprint density at radius 1 is 0.976 bits per heavy atom. The molecular weight excluding hydrogens is 540 g/mol. The smallest absolute Gasteiger partial charge is 0.408 e. The molecule has 2 aromatic rings. The number of nitrogens with one attached hydrogen (secondary N) is 2. The van der Waals surface area contributed by atoms with Crippen LogP contribution in [-0.4, -0.2) is 58.6 Å². The Kier molecular flexibility index (Phi) is 12.2. The molecule has 11 heteroatoms. The van der Waals surface area contributed by atoms with Crippen molar-refractivity contribution in [2.45, 2.75) is 84.5 Å². The number of hydrogen-bond donors (Lipinski definition) is 4. The van der Waals surface area contributed by atoms with Crippen LogP contribution in [-0.2, 0) is 19.1 Å². The molecule has 42 heavy (non-hydrogen) atoms. The standard InChI is InChI=1S/C31H44N4O7/c1-19(2)12-13-20(3)35(29(39)24(18-26(32)37)34-30(40)42-31(4,5)6)27(23-10-8-9-11-25(23)36)28(38)33-21-14-16-22(41-7)17-15-21/h8-11,14-17,19-20,24,27,36H,12-13,18H2,1-7H3,(H2,32,37)(H,33,38)(H,34,40). The molecule has 0 aromatic heterocycles. The largest absolute Gasteiger partial charge is 0.508 e. The van der Waals surface area contributed by atoms with Crippen LogP contribution in [0.25, 0.3) is 0 Å². The van der Waals surface area contributed by atoms with Gasteiger partial charge in [-0.1, -0.05) is 32.0 Å². The van der Waals surface area contributed by atoms with Gasteiger partial charge in [0.2, 0.25) is 11.8 Å². The van der Waals surface area contributed by atoms with Crippen LogP contribution in [0.3, 0.4) is 0 Å². The number of phenolic OH excluding ortho intramolecular Hbond substituents is 1. The minimum atomic E-state index is -1.43. The topological polar surface area (TPSA) is 160 Å². The van der Waals surface area contributed by atoms with Crippen LogP contribution >= 0.6 is 0 Å². The molecule has 0 spiro atoms. The van der Waals surface area contributed by atoms with E-state index in [1.807, 2.05) is 13.8 Å². The summed E-state index contributed by atoms with van der Waals surface area (Å²) in [7, 11) is 1.53. The van der Waals surface area contributed by atoms with Crippen LogP contribution in [0.5, 0.6) is 11.5 Å². The number of ether oxygens (including phenoxy) is 2. The molecule has 0 heterocycles. The summed E-state index contributed by atoms with van der Waals surface area (Å²) in [5.41, 5.74) is 5.21. The van der Waals surface area contributed by atoms with Crippen LogP contribution in [0.1, 0.15) is 72.4 Å². The molecule has 230 valence electrons. The van der Waals surface area contributed by atoms with Crippen molar-refractivity contribution < 1.29 is 33.8 Å². The van der Waals surface area contributed by atoms with E-state index in [9.17, 15) is 24.3 Å². The Labute approximate surface area is 247 Å². The van der Waals surface area contributed by atoms with Crippen molar-refractivity contribution in [3.05, 3.63) is 54.1 Å². The monoisotopic (exact) mass is 584 g/mol. The Morgan fingerprint density at radius 2 is 1.60 bits per heavy atom. The number of benzene rings is 2. The fraction of sp³-hybridized carbons (Fsp3) is 0.484. The van der Waals surface area contributed by atoms with Gasteiger partial charge in [0.05, 0.1) is 13.5 Å². The highest BCUT2D eigenvalue weighted by atomic mass is 16.6. The summed E-state index contributed by atoms with van der Waals surface area (Å²) < 4.78 is 10.5. The third kappa shape index (κ3) is 10.3. The van der Waals surface area contributed by atoms with E-state index in [0.717, 1.165) is 6.42 Å². The molecule has 11 nitrogen and oxygen atoms in total. The summed E-state index contributed by atoms with van der Waals surface area (Å²) >= 11 is 0. The molecule has 4 amide bonds. The van der Waals surface area contributed by atoms with Crippen LogP contribution in [0.2, 0.25) is 0 Å². The van der Waals surface area contributed by atoms with E-state index in [1.165, 1.54) is 18.1 Å². The Morgan fingerprint density at radius 3 is 2.12 bits per heavy atom. The van der Waals surface area contributed by atoms with Crippen molar-refractivity contribution >= 4 is 29.5 Å². The Balaban J connectivity index is 2.63. The third-order valence-electron chi connectivity index (χ3n) is 6.40. The summed E-state index contributed by atoms with van der Waals surface area (Å²) in [6, 6.07) is 9.54. The number of nitrogens with zero attached hydrogens (tertiary/aromatic N) is 1. The first-order chi connectivity index (χ1) is 19.6. The molecule has 0 radical (unpaired) electrons. The number of carbonyl (C=O) groups excluding carboxylic acids is 4. The second kappa shape index (κ2) is 15.1. The van der Waals surface area contributed by atoms with E-state index < -0.39 is 54.0 Å². The molecule has 3 unspecified atom stereocenters. The van der Waals surface area contributed by atoms with Gasteiger partial charge >= 0.3 is 6.09 Å². The quantitative estimate of drug-likeness (QED) is 0.270. The minimum Gasteiger partial charge on any atom is -0.508 e. The first-order valence-corrected chi connectivity index (χ1v) is 14.0. The van der Waals surface area contributed by atoms with E-state index >= 15 is 0 Å². The normalized spacial score (nSPS) is 13.4. The number of carbonyl (C=O) groups is 4. The lowest BCUT2D eigenvalue weighted by atomic mass is 9.96. The molecule has 0 bridgehead atoms. The zero-order valence-electron chi connectivity index (χ0n) is 25.5. The maximum absolute atomic E-state index is 14.3. The SMILES string of the molecule is COc1ccc(NC(=O)C(c2ccccc2O)N(C(=O)C(CC(N)=O)NC(=O)OC(C)(C)C)C(C)CCC(C)C)cc1. The zero-order chi connectivity index (χ0) is 31.6. The lowest BCUT2D eigenvalue weighted by Gasteiger charge is -2.38. The van der Waals surface area contributed by atoms with Gasteiger partial charge in [-0.3, -0.25) is 14.4 Å². The molecule has 3 atom stereocenters. The molecule has 0 aliphatic carbocycles. The van der Waals surface area contributed by atoms with Gasteiger partial charge in [-0.15, -0.1) is 0 Å². The maximum atomic E-state index is 14.3. The van der Waals surface area contributed by atoms with E-state index in [4.69, 9.17) is 15.2 Å². The van der Waals surface area contributed by atoms with Crippen LogP contribution < -0.4 is 21.1 Å². The highest BCUT2D eigenvalue weighted by Crippen LogP contribution is 2.33. The van der Waals surface area contributed by atoms with Gasteiger partial charge in [0.15, 0.2) is 0 Å². The first-order valence-electron chi connectivity index (χ1n) is 14.0. The Hall–Kier alpha value is -4.28. The number of amides is 4. The highest BCUT2D eigenvalue weighted by molar-refractivity contribution is 6.00. The molecule has 0 fully saturated rings. The van der Waals surface area contributed by atoms with Crippen molar-refractivity contribution in [2.24, 2.45) is 11.7 Å². The average molecular weight is 585 g/mol. The molecular formula is C31H44N4O7. The number of primary amides is 1. The van der Waals surface area contributed by atoms with Crippen molar-refractivity contribution in [3.8, 4) is 11.5 Å². The van der Waals surface area contributed by atoms with Crippen molar-refractivity contribution in [1.82, 2.24) is 10.2 Å². The lowest BCUT2D eigenvalue weighted by molar-refractivity contribution is -0.144. The number of alkyl carbamates (subject to hydrolysis) is 1. The summed E-state index contributed by atoms with van der Waals surface area (Å²) in [5, 5.41) is 16.1. The average Bonchev–Trinajstić information content (AvgIpc) is 2.89. The lowest BCUT2D eigenvalue weighted by Crippen LogP contribution is -2.55. The minimum absolute atomic E-state index is 0.170. The van der Waals surface area contributed by atoms with Crippen LogP contribution in [0.4, 0.5) is 10.5 Å². The van der Waals surface area contributed by atoms with Gasteiger partial charge in [-0.05, 0) is 76.8 Å². The van der Waals surface area contributed by atoms with E-state index in [2.05, 4.69) is 10.6 Å². The predicted octanol–water partition coefficient (Wildman–Crippen LogP) is 4.50. The zero-order valence-corrected chi connectivity index (χ0v) is 25.5. The third-order valence-corrected chi connectivity index (χ3v) is 6.40. The number of anilines is 1. The van der Waals surface area contributed by atoms with Crippen LogP contribution in [0, 0.1) is 5.92 Å². The number of aromatic hydroxyl groups is 1. The molecule has 0 aliphatic heterocycles. The Bertz CT molecular complexity index is 1220. The molecule has 2 aromatic carbocycles. The number of nitrogens with two attached hydrogens (primary N) is 1. The van der Waals surface area contributed by atoms with E-state index in [1.54, 1.807) is 70.2 Å². The second-order valence-corrected chi connectivity index (χ2v) is 11.6. The highest BCUT2D eigenvalue weighted by Gasteiger charge is 2.40.